The van der Waals surface area contributed by atoms with E-state index in [4.69, 9.17) is 0 Å². The molecule has 2 aromatic carbocycles. The van der Waals surface area contributed by atoms with Gasteiger partial charge in [-0.2, -0.15) is 0 Å². The van der Waals surface area contributed by atoms with E-state index in [1.165, 1.54) is 12.0 Å². The minimum atomic E-state index is 0.0332. The number of carbonyl (C=O) groups is 1. The second-order valence-corrected chi connectivity index (χ2v) is 7.10. The van der Waals surface area contributed by atoms with Crippen LogP contribution in [0, 0.1) is 0 Å². The van der Waals surface area contributed by atoms with Crippen LogP contribution < -0.4 is 5.32 Å². The van der Waals surface area contributed by atoms with Gasteiger partial charge in [-0.05, 0) is 55.5 Å². The predicted molar refractivity (Wildman–Crippen MR) is 111 cm³/mol. The van der Waals surface area contributed by atoms with Gasteiger partial charge in [0.25, 0.3) is 5.91 Å². The number of nitrogens with zero attached hydrogens (tertiary/aromatic N) is 2. The highest BCUT2D eigenvalue weighted by atomic mass is 16.2. The van der Waals surface area contributed by atoms with Gasteiger partial charge in [0, 0.05) is 24.2 Å². The number of piperidine rings is 1. The van der Waals surface area contributed by atoms with Crippen LogP contribution in [0.3, 0.4) is 0 Å². The Morgan fingerprint density at radius 2 is 1.85 bits per heavy atom. The van der Waals surface area contributed by atoms with Gasteiger partial charge in [0.2, 0.25) is 0 Å². The molecule has 138 valence electrons. The maximum absolute atomic E-state index is 13.0. The molecule has 1 fully saturated rings. The molecule has 1 N–H and O–H groups in total. The van der Waals surface area contributed by atoms with Crippen molar-refractivity contribution in [2.45, 2.75) is 32.6 Å². The van der Waals surface area contributed by atoms with Crippen molar-refractivity contribution in [1.82, 2.24) is 9.88 Å². The van der Waals surface area contributed by atoms with Gasteiger partial charge in [-0.1, -0.05) is 37.3 Å². The predicted octanol–water partition coefficient (Wildman–Crippen LogP) is 5.17. The molecule has 4 nitrogen and oxygen atoms in total. The summed E-state index contributed by atoms with van der Waals surface area (Å²) >= 11 is 0. The molecule has 2 heterocycles. The lowest BCUT2D eigenvalue weighted by Gasteiger charge is -2.26. The monoisotopic (exact) mass is 359 g/mol. The first-order valence-corrected chi connectivity index (χ1v) is 9.79. The first-order chi connectivity index (χ1) is 13.2. The summed E-state index contributed by atoms with van der Waals surface area (Å²) in [5.41, 5.74) is 4.60. The molecule has 1 aliphatic rings. The van der Waals surface area contributed by atoms with Crippen LogP contribution in [0.5, 0.6) is 0 Å². The number of para-hydroxylation sites is 1. The minimum absolute atomic E-state index is 0.0332. The maximum Gasteiger partial charge on any atom is 0.272 e. The van der Waals surface area contributed by atoms with Crippen molar-refractivity contribution in [2.75, 3.05) is 18.4 Å². The second kappa shape index (κ2) is 7.78. The Balaban J connectivity index is 1.73. The number of amides is 1. The fourth-order valence-electron chi connectivity index (χ4n) is 3.67. The van der Waals surface area contributed by atoms with E-state index in [2.05, 4.69) is 41.5 Å². The van der Waals surface area contributed by atoms with Gasteiger partial charge in [-0.25, -0.2) is 4.98 Å². The first kappa shape index (κ1) is 17.5. The van der Waals surface area contributed by atoms with E-state index in [0.717, 1.165) is 54.6 Å². The third kappa shape index (κ3) is 3.80. The molecule has 27 heavy (non-hydrogen) atoms. The number of nitrogens with one attached hydrogen (secondary N) is 1. The molecule has 0 radical (unpaired) electrons. The number of pyridine rings is 1. The SMILES string of the molecule is CCc1cccc(Nc2cc(C(=O)N3CCCCC3)nc3ccccc23)c1. The third-order valence-corrected chi connectivity index (χ3v) is 5.19. The summed E-state index contributed by atoms with van der Waals surface area (Å²) in [4.78, 5) is 19.6. The number of carbonyl (C=O) groups excluding carboxylic acids is 1. The zero-order valence-electron chi connectivity index (χ0n) is 15.7. The van der Waals surface area contributed by atoms with E-state index in [0.29, 0.717) is 5.69 Å². The summed E-state index contributed by atoms with van der Waals surface area (Å²) < 4.78 is 0. The first-order valence-electron chi connectivity index (χ1n) is 9.79. The molecule has 0 unspecified atom stereocenters. The Bertz CT molecular complexity index is 961. The van der Waals surface area contributed by atoms with Crippen molar-refractivity contribution >= 4 is 28.2 Å². The van der Waals surface area contributed by atoms with Crippen molar-refractivity contribution in [1.29, 1.82) is 0 Å². The lowest BCUT2D eigenvalue weighted by molar-refractivity contribution is 0.0719. The third-order valence-electron chi connectivity index (χ3n) is 5.19. The van der Waals surface area contributed by atoms with Crippen LogP contribution in [0.4, 0.5) is 11.4 Å². The number of benzene rings is 2. The molecule has 0 atom stereocenters. The van der Waals surface area contributed by atoms with Crippen molar-refractivity contribution in [3.63, 3.8) is 0 Å². The van der Waals surface area contributed by atoms with Gasteiger partial charge in [0.05, 0.1) is 11.2 Å². The van der Waals surface area contributed by atoms with E-state index in [1.807, 2.05) is 35.2 Å². The Hall–Kier alpha value is -2.88. The van der Waals surface area contributed by atoms with E-state index < -0.39 is 0 Å². The normalized spacial score (nSPS) is 14.3. The molecule has 1 aromatic heterocycles. The van der Waals surface area contributed by atoms with E-state index in [1.54, 1.807) is 0 Å². The summed E-state index contributed by atoms with van der Waals surface area (Å²) in [5.74, 6) is 0.0332. The molecule has 4 heteroatoms. The van der Waals surface area contributed by atoms with Crippen LogP contribution in [-0.2, 0) is 6.42 Å². The standard InChI is InChI=1S/C23H25N3O/c1-2-17-9-8-10-18(15-17)24-21-16-22(23(27)26-13-6-3-7-14-26)25-20-12-5-4-11-19(20)21/h4-5,8-12,15-16H,2-3,6-7,13-14H2,1H3,(H,24,25). The smallest absolute Gasteiger partial charge is 0.272 e. The van der Waals surface area contributed by atoms with Crippen LogP contribution in [0.2, 0.25) is 0 Å². The van der Waals surface area contributed by atoms with Crippen LogP contribution in [0.1, 0.15) is 42.2 Å². The molecular formula is C23H25N3O. The van der Waals surface area contributed by atoms with Gasteiger partial charge in [-0.3, -0.25) is 4.79 Å². The minimum Gasteiger partial charge on any atom is -0.355 e. The Morgan fingerprint density at radius 3 is 2.67 bits per heavy atom. The van der Waals surface area contributed by atoms with Gasteiger partial charge in [-0.15, -0.1) is 0 Å². The van der Waals surface area contributed by atoms with Crippen molar-refractivity contribution in [3.05, 3.63) is 65.9 Å². The number of anilines is 2. The lowest BCUT2D eigenvalue weighted by atomic mass is 10.1. The van der Waals surface area contributed by atoms with Gasteiger partial charge in [0.1, 0.15) is 5.69 Å². The molecule has 3 aromatic rings. The number of aromatic nitrogens is 1. The summed E-state index contributed by atoms with van der Waals surface area (Å²) in [6, 6.07) is 18.3. The van der Waals surface area contributed by atoms with Gasteiger partial charge < -0.3 is 10.2 Å². The maximum atomic E-state index is 13.0. The number of aryl methyl sites for hydroxylation is 1. The van der Waals surface area contributed by atoms with Crippen molar-refractivity contribution in [3.8, 4) is 0 Å². The molecule has 0 bridgehead atoms. The highest BCUT2D eigenvalue weighted by Gasteiger charge is 2.20. The van der Waals surface area contributed by atoms with Crippen LogP contribution in [0.25, 0.3) is 10.9 Å². The van der Waals surface area contributed by atoms with E-state index in [-0.39, 0.29) is 5.91 Å². The molecule has 1 amide bonds. The van der Waals surface area contributed by atoms with Crippen LogP contribution in [-0.4, -0.2) is 28.9 Å². The number of likely N-dealkylation sites (tertiary alicyclic amines) is 1. The van der Waals surface area contributed by atoms with Crippen molar-refractivity contribution < 1.29 is 4.79 Å². The molecule has 0 aliphatic carbocycles. The lowest BCUT2D eigenvalue weighted by Crippen LogP contribution is -2.36. The number of hydrogen-bond donors (Lipinski definition) is 1. The highest BCUT2D eigenvalue weighted by Crippen LogP contribution is 2.28. The van der Waals surface area contributed by atoms with E-state index in [9.17, 15) is 4.79 Å². The molecule has 0 spiro atoms. The molecule has 4 rings (SSSR count). The zero-order chi connectivity index (χ0) is 18.6. The average molecular weight is 359 g/mol. The number of hydrogen-bond acceptors (Lipinski definition) is 3. The summed E-state index contributed by atoms with van der Waals surface area (Å²) in [6.07, 6.45) is 4.35. The van der Waals surface area contributed by atoms with Gasteiger partial charge >= 0.3 is 0 Å². The summed E-state index contributed by atoms with van der Waals surface area (Å²) in [7, 11) is 0. The van der Waals surface area contributed by atoms with Crippen LogP contribution >= 0.6 is 0 Å². The summed E-state index contributed by atoms with van der Waals surface area (Å²) in [6.45, 7) is 3.81. The average Bonchev–Trinajstić information content (AvgIpc) is 2.74. The quantitative estimate of drug-likeness (QED) is 0.699. The molecule has 0 saturated carbocycles. The topological polar surface area (TPSA) is 45.2 Å². The molecular weight excluding hydrogens is 334 g/mol. The Kier molecular flexibility index (Phi) is 5.05. The van der Waals surface area contributed by atoms with Gasteiger partial charge in [0.15, 0.2) is 0 Å². The van der Waals surface area contributed by atoms with Crippen molar-refractivity contribution in [2.24, 2.45) is 0 Å². The fraction of sp³-hybridized carbons (Fsp3) is 0.304. The number of fused-ring (bicyclic) bond motifs is 1. The molecule has 1 saturated heterocycles. The second-order valence-electron chi connectivity index (χ2n) is 7.10. The van der Waals surface area contributed by atoms with E-state index >= 15 is 0 Å². The Labute approximate surface area is 160 Å². The number of rotatable bonds is 4. The Morgan fingerprint density at radius 1 is 1.04 bits per heavy atom. The fourth-order valence-corrected chi connectivity index (χ4v) is 3.67. The summed E-state index contributed by atoms with van der Waals surface area (Å²) in [5, 5.41) is 4.53. The largest absolute Gasteiger partial charge is 0.355 e. The zero-order valence-corrected chi connectivity index (χ0v) is 15.7. The van der Waals surface area contributed by atoms with Crippen LogP contribution in [0.15, 0.2) is 54.6 Å². The molecule has 1 aliphatic heterocycles. The highest BCUT2D eigenvalue weighted by molar-refractivity contribution is 6.00.